The molecule has 2 unspecified atom stereocenters. The molecule has 0 saturated heterocycles. The number of hydrogen-bond acceptors (Lipinski definition) is 2. The Bertz CT molecular complexity index is 308. The average Bonchev–Trinajstić information content (AvgIpc) is 2.20. The third-order valence-corrected chi connectivity index (χ3v) is 5.28. The van der Waals surface area contributed by atoms with E-state index in [1.165, 1.54) is 12.8 Å². The van der Waals surface area contributed by atoms with Crippen LogP contribution in [0.2, 0.25) is 39.3 Å². The maximum atomic E-state index is 6.52. The normalized spacial score (nSPS) is 18.2. The molecule has 0 amide bonds. The van der Waals surface area contributed by atoms with Gasteiger partial charge in [0.15, 0.2) is 16.6 Å². The first kappa shape index (κ1) is 20.8. The van der Waals surface area contributed by atoms with E-state index in [1.807, 2.05) is 0 Å². The van der Waals surface area contributed by atoms with E-state index in [9.17, 15) is 0 Å². The third-order valence-electron chi connectivity index (χ3n) is 2.88. The summed E-state index contributed by atoms with van der Waals surface area (Å²) >= 11 is 2.28. The van der Waals surface area contributed by atoms with E-state index in [1.54, 1.807) is 0 Å². The highest BCUT2D eigenvalue weighted by atomic mass is 127. The van der Waals surface area contributed by atoms with Gasteiger partial charge in [-0.05, 0) is 62.8 Å². The van der Waals surface area contributed by atoms with Crippen LogP contribution < -0.4 is 0 Å². The van der Waals surface area contributed by atoms with Crippen LogP contribution >= 0.6 is 22.6 Å². The standard InChI is InChI=1S/C15H33IO2Si2/c1-9-10-11-14(17-19(3,4)5)15(2,12-13-16)18-20(6,7)8/h12-14H,9-11H2,1-8H3. The van der Waals surface area contributed by atoms with Crippen LogP contribution in [0.5, 0.6) is 0 Å². The largest absolute Gasteiger partial charge is 0.412 e. The maximum Gasteiger partial charge on any atom is 0.185 e. The van der Waals surface area contributed by atoms with Gasteiger partial charge in [-0.3, -0.25) is 0 Å². The van der Waals surface area contributed by atoms with E-state index in [-0.39, 0.29) is 11.7 Å². The molecule has 0 fully saturated rings. The highest BCUT2D eigenvalue weighted by Crippen LogP contribution is 2.31. The van der Waals surface area contributed by atoms with Gasteiger partial charge in [-0.1, -0.05) is 42.4 Å². The van der Waals surface area contributed by atoms with Crippen molar-refractivity contribution >= 4 is 39.2 Å². The molecule has 0 aliphatic rings. The lowest BCUT2D eigenvalue weighted by molar-refractivity contribution is -0.00683. The van der Waals surface area contributed by atoms with Gasteiger partial charge in [-0.25, -0.2) is 0 Å². The summed E-state index contributed by atoms with van der Waals surface area (Å²) in [4.78, 5) is 0. The fraction of sp³-hybridized carbons (Fsp3) is 0.867. The Hall–Kier alpha value is 0.824. The molecule has 0 aromatic rings. The molecule has 0 aromatic heterocycles. The Morgan fingerprint density at radius 1 is 1.10 bits per heavy atom. The molecule has 0 aliphatic carbocycles. The number of hydrogen-bond donors (Lipinski definition) is 0. The van der Waals surface area contributed by atoms with Crippen LogP contribution in [0, 0.1) is 0 Å². The van der Waals surface area contributed by atoms with Crippen LogP contribution in [0.1, 0.15) is 33.1 Å². The van der Waals surface area contributed by atoms with Crippen molar-refractivity contribution in [2.24, 2.45) is 0 Å². The van der Waals surface area contributed by atoms with Gasteiger partial charge in [-0.15, -0.1) is 0 Å². The molecule has 2 atom stereocenters. The minimum Gasteiger partial charge on any atom is -0.412 e. The highest BCUT2D eigenvalue weighted by Gasteiger charge is 2.39. The number of halogens is 1. The van der Waals surface area contributed by atoms with Crippen molar-refractivity contribution in [1.29, 1.82) is 0 Å². The Morgan fingerprint density at radius 2 is 1.65 bits per heavy atom. The fourth-order valence-corrected chi connectivity index (χ4v) is 5.71. The average molecular weight is 429 g/mol. The van der Waals surface area contributed by atoms with Crippen molar-refractivity contribution < 1.29 is 8.85 Å². The van der Waals surface area contributed by atoms with Crippen molar-refractivity contribution in [3.05, 3.63) is 10.2 Å². The molecule has 0 saturated carbocycles. The smallest absolute Gasteiger partial charge is 0.185 e. The zero-order valence-electron chi connectivity index (χ0n) is 14.5. The van der Waals surface area contributed by atoms with Gasteiger partial charge in [0.2, 0.25) is 0 Å². The Labute approximate surface area is 142 Å². The van der Waals surface area contributed by atoms with Crippen molar-refractivity contribution in [2.45, 2.75) is 84.1 Å². The van der Waals surface area contributed by atoms with Gasteiger partial charge in [0.05, 0.1) is 11.7 Å². The van der Waals surface area contributed by atoms with E-state index in [4.69, 9.17) is 8.85 Å². The van der Waals surface area contributed by atoms with Crippen LogP contribution in [-0.2, 0) is 8.85 Å². The van der Waals surface area contributed by atoms with Crippen LogP contribution in [0.3, 0.4) is 0 Å². The van der Waals surface area contributed by atoms with Crippen LogP contribution in [0.4, 0.5) is 0 Å². The molecular formula is C15H33IO2Si2. The van der Waals surface area contributed by atoms with Crippen LogP contribution in [0.25, 0.3) is 0 Å². The van der Waals surface area contributed by atoms with Gasteiger partial charge in [-0.2, -0.15) is 0 Å². The van der Waals surface area contributed by atoms with Crippen LogP contribution in [0.15, 0.2) is 10.2 Å². The second-order valence-corrected chi connectivity index (χ2v) is 17.2. The Kier molecular flexibility index (Phi) is 8.80. The topological polar surface area (TPSA) is 18.5 Å². The summed E-state index contributed by atoms with van der Waals surface area (Å²) in [5, 5.41) is 0. The molecule has 0 rings (SSSR count). The number of unbranched alkanes of at least 4 members (excludes halogenated alkanes) is 1. The summed E-state index contributed by atoms with van der Waals surface area (Å²) in [7, 11) is -3.21. The van der Waals surface area contributed by atoms with Gasteiger partial charge in [0.1, 0.15) is 0 Å². The van der Waals surface area contributed by atoms with E-state index in [0.717, 1.165) is 6.42 Å². The van der Waals surface area contributed by atoms with Crippen molar-refractivity contribution in [3.63, 3.8) is 0 Å². The zero-order valence-corrected chi connectivity index (χ0v) is 18.7. The third kappa shape index (κ3) is 8.97. The van der Waals surface area contributed by atoms with Gasteiger partial charge >= 0.3 is 0 Å². The fourth-order valence-electron chi connectivity index (χ4n) is 2.27. The van der Waals surface area contributed by atoms with Crippen LogP contribution in [-0.4, -0.2) is 28.3 Å². The van der Waals surface area contributed by atoms with Crippen molar-refractivity contribution in [1.82, 2.24) is 0 Å². The SMILES string of the molecule is CCCCC(O[Si](C)(C)C)C(C)(C=CI)O[Si](C)(C)C. The zero-order chi connectivity index (χ0) is 16.0. The lowest BCUT2D eigenvalue weighted by Crippen LogP contribution is -2.51. The first-order valence-corrected chi connectivity index (χ1v) is 15.7. The lowest BCUT2D eigenvalue weighted by atomic mass is 9.95. The molecule has 0 aliphatic heterocycles. The molecule has 0 aromatic carbocycles. The summed E-state index contributed by atoms with van der Waals surface area (Å²) in [6.45, 7) is 17.9. The molecule has 0 spiro atoms. The first-order chi connectivity index (χ1) is 8.93. The minimum absolute atomic E-state index is 0.159. The summed E-state index contributed by atoms with van der Waals surface area (Å²) in [6.07, 6.45) is 5.80. The van der Waals surface area contributed by atoms with E-state index < -0.39 is 16.6 Å². The van der Waals surface area contributed by atoms with Crippen molar-refractivity contribution in [3.8, 4) is 0 Å². The van der Waals surface area contributed by atoms with E-state index in [0.29, 0.717) is 0 Å². The quantitative estimate of drug-likeness (QED) is 0.333. The second kappa shape index (κ2) is 8.45. The monoisotopic (exact) mass is 428 g/mol. The molecule has 120 valence electrons. The van der Waals surface area contributed by atoms with Gasteiger partial charge < -0.3 is 8.85 Å². The Morgan fingerprint density at radius 3 is 2.00 bits per heavy atom. The van der Waals surface area contributed by atoms with E-state index >= 15 is 0 Å². The molecule has 0 heterocycles. The summed E-state index contributed by atoms with van der Waals surface area (Å²) in [5.41, 5.74) is -0.304. The summed E-state index contributed by atoms with van der Waals surface area (Å²) in [5.74, 6) is 0. The molecule has 0 bridgehead atoms. The Balaban J connectivity index is 5.28. The van der Waals surface area contributed by atoms with Gasteiger partial charge in [0.25, 0.3) is 0 Å². The van der Waals surface area contributed by atoms with Gasteiger partial charge in [0, 0.05) is 0 Å². The maximum absolute atomic E-state index is 6.52. The molecule has 5 heteroatoms. The predicted molar refractivity (Wildman–Crippen MR) is 104 cm³/mol. The molecular weight excluding hydrogens is 395 g/mol. The highest BCUT2D eigenvalue weighted by molar-refractivity contribution is 14.1. The van der Waals surface area contributed by atoms with E-state index in [2.05, 4.69) is 85.9 Å². The second-order valence-electron chi connectivity index (χ2n) is 7.55. The number of rotatable bonds is 9. The predicted octanol–water partition coefficient (Wildman–Crippen LogP) is 5.96. The summed E-state index contributed by atoms with van der Waals surface area (Å²) < 4.78 is 15.1. The first-order valence-electron chi connectivity index (χ1n) is 7.59. The molecule has 2 nitrogen and oxygen atoms in total. The molecule has 0 radical (unpaired) electrons. The molecule has 0 N–H and O–H groups in total. The minimum atomic E-state index is -1.63. The van der Waals surface area contributed by atoms with Crippen molar-refractivity contribution in [2.75, 3.05) is 0 Å². The molecule has 20 heavy (non-hydrogen) atoms. The summed E-state index contributed by atoms with van der Waals surface area (Å²) in [6, 6.07) is 0. The lowest BCUT2D eigenvalue weighted by Gasteiger charge is -2.42.